The number of aliphatic carboxylic acids is 2. The van der Waals surface area contributed by atoms with Gasteiger partial charge in [-0.25, -0.2) is 14.4 Å². The Morgan fingerprint density at radius 1 is 1.03 bits per heavy atom. The first-order chi connectivity index (χ1) is 15.7. The summed E-state index contributed by atoms with van der Waals surface area (Å²) >= 11 is 12.1. The maximum atomic E-state index is 12.5. The number of hydrogen-bond donors (Lipinski definition) is 4. The minimum Gasteiger partial charge on any atom is -0.480 e. The third-order valence-electron chi connectivity index (χ3n) is 5.24. The van der Waals surface area contributed by atoms with Crippen LogP contribution in [-0.2, 0) is 16.0 Å². The number of likely N-dealkylation sites (tertiary alicyclic amines) is 1. The highest BCUT2D eigenvalue weighted by atomic mass is 35.5. The topological polar surface area (TPSA) is 136 Å². The molecule has 2 atom stereocenters. The van der Waals surface area contributed by atoms with Crippen molar-refractivity contribution in [3.05, 3.63) is 63.6 Å². The number of halogens is 2. The van der Waals surface area contributed by atoms with E-state index in [0.29, 0.717) is 24.1 Å². The fourth-order valence-electron chi connectivity index (χ4n) is 3.57. The van der Waals surface area contributed by atoms with Crippen LogP contribution in [0.15, 0.2) is 42.5 Å². The summed E-state index contributed by atoms with van der Waals surface area (Å²) in [6.07, 6.45) is 0.832. The number of carboxylic acids is 2. The largest absolute Gasteiger partial charge is 0.480 e. The zero-order valence-electron chi connectivity index (χ0n) is 17.3. The Bertz CT molecular complexity index is 1060. The molecule has 2 aromatic carbocycles. The van der Waals surface area contributed by atoms with Crippen molar-refractivity contribution in [2.75, 3.05) is 11.9 Å². The van der Waals surface area contributed by atoms with E-state index in [4.69, 9.17) is 23.2 Å². The molecule has 1 aliphatic rings. The van der Waals surface area contributed by atoms with E-state index in [-0.39, 0.29) is 28.6 Å². The quantitative estimate of drug-likeness (QED) is 0.465. The lowest BCUT2D eigenvalue weighted by Crippen LogP contribution is -2.51. The van der Waals surface area contributed by atoms with Gasteiger partial charge in [0.1, 0.15) is 12.1 Å². The molecule has 33 heavy (non-hydrogen) atoms. The van der Waals surface area contributed by atoms with Crippen molar-refractivity contribution in [2.24, 2.45) is 0 Å². The monoisotopic (exact) mass is 493 g/mol. The Morgan fingerprint density at radius 3 is 2.24 bits per heavy atom. The second kappa shape index (κ2) is 10.5. The molecule has 2 aromatic rings. The van der Waals surface area contributed by atoms with Gasteiger partial charge in [-0.2, -0.15) is 0 Å². The second-order valence-corrected chi connectivity index (χ2v) is 8.30. The third-order valence-corrected chi connectivity index (χ3v) is 5.87. The molecule has 0 unspecified atom stereocenters. The van der Waals surface area contributed by atoms with Gasteiger partial charge >= 0.3 is 18.0 Å². The first kappa shape index (κ1) is 24.3. The molecule has 11 heteroatoms. The van der Waals surface area contributed by atoms with E-state index >= 15 is 0 Å². The van der Waals surface area contributed by atoms with Crippen molar-refractivity contribution < 1.29 is 29.4 Å². The molecule has 174 valence electrons. The highest BCUT2D eigenvalue weighted by molar-refractivity contribution is 6.40. The number of anilines is 1. The molecule has 0 bridgehead atoms. The maximum Gasteiger partial charge on any atom is 0.326 e. The molecule has 4 N–H and O–H groups in total. The molecule has 3 amide bonds. The molecular formula is C22H21Cl2N3O6. The van der Waals surface area contributed by atoms with Gasteiger partial charge in [-0.1, -0.05) is 41.4 Å². The van der Waals surface area contributed by atoms with Crippen LogP contribution in [0.5, 0.6) is 0 Å². The smallest absolute Gasteiger partial charge is 0.326 e. The van der Waals surface area contributed by atoms with Gasteiger partial charge in [0.15, 0.2) is 0 Å². The number of amides is 3. The number of urea groups is 1. The Morgan fingerprint density at radius 2 is 1.67 bits per heavy atom. The van der Waals surface area contributed by atoms with Crippen molar-refractivity contribution in [1.29, 1.82) is 0 Å². The first-order valence-electron chi connectivity index (χ1n) is 10.0. The molecule has 0 aliphatic carbocycles. The number of nitrogens with zero attached hydrogens (tertiary/aromatic N) is 1. The predicted molar refractivity (Wildman–Crippen MR) is 122 cm³/mol. The van der Waals surface area contributed by atoms with Crippen LogP contribution in [0.3, 0.4) is 0 Å². The van der Waals surface area contributed by atoms with E-state index in [2.05, 4.69) is 10.6 Å². The van der Waals surface area contributed by atoms with Crippen LogP contribution in [0, 0.1) is 0 Å². The van der Waals surface area contributed by atoms with Crippen LogP contribution in [0.2, 0.25) is 10.0 Å². The van der Waals surface area contributed by atoms with Crippen LogP contribution < -0.4 is 10.6 Å². The average Bonchev–Trinajstić information content (AvgIpc) is 3.25. The lowest BCUT2D eigenvalue weighted by molar-refractivity contribution is -0.141. The lowest BCUT2D eigenvalue weighted by atomic mass is 10.1. The van der Waals surface area contributed by atoms with E-state index in [9.17, 15) is 29.4 Å². The predicted octanol–water partition coefficient (Wildman–Crippen LogP) is 3.50. The number of benzene rings is 2. The summed E-state index contributed by atoms with van der Waals surface area (Å²) in [6.45, 7) is 0.249. The van der Waals surface area contributed by atoms with Crippen LogP contribution in [-0.4, -0.2) is 57.6 Å². The van der Waals surface area contributed by atoms with E-state index in [1.807, 2.05) is 0 Å². The highest BCUT2D eigenvalue weighted by Gasteiger charge is 2.35. The summed E-state index contributed by atoms with van der Waals surface area (Å²) in [4.78, 5) is 49.0. The Hall–Kier alpha value is -3.30. The minimum absolute atomic E-state index is 0.0305. The van der Waals surface area contributed by atoms with E-state index in [1.54, 1.807) is 42.5 Å². The second-order valence-electron chi connectivity index (χ2n) is 7.48. The van der Waals surface area contributed by atoms with Crippen LogP contribution in [0.4, 0.5) is 10.5 Å². The zero-order chi connectivity index (χ0) is 24.1. The van der Waals surface area contributed by atoms with E-state index in [1.165, 1.54) is 0 Å². The van der Waals surface area contributed by atoms with Gasteiger partial charge in [-0.15, -0.1) is 0 Å². The van der Waals surface area contributed by atoms with Crippen molar-refractivity contribution in [2.45, 2.75) is 31.3 Å². The average molecular weight is 494 g/mol. The molecule has 0 aromatic heterocycles. The van der Waals surface area contributed by atoms with Crippen LogP contribution in [0.25, 0.3) is 0 Å². The molecule has 0 spiro atoms. The molecule has 3 rings (SSSR count). The number of nitrogens with one attached hydrogen (secondary N) is 2. The summed E-state index contributed by atoms with van der Waals surface area (Å²) in [5.41, 5.74) is 1.17. The minimum atomic E-state index is -1.25. The fourth-order valence-corrected chi connectivity index (χ4v) is 4.14. The van der Waals surface area contributed by atoms with Gasteiger partial charge < -0.3 is 25.7 Å². The summed E-state index contributed by atoms with van der Waals surface area (Å²) in [5, 5.41) is 24.2. The van der Waals surface area contributed by atoms with Crippen LogP contribution in [0.1, 0.15) is 28.8 Å². The number of rotatable bonds is 7. The van der Waals surface area contributed by atoms with Gasteiger partial charge in [-0.3, -0.25) is 4.79 Å². The number of carbonyl (C=O) groups is 4. The van der Waals surface area contributed by atoms with E-state index < -0.39 is 36.0 Å². The SMILES string of the molecule is O=C(Nc1ccc(C[C@H](NC(=O)N2CCC[C@H]2C(=O)O)C(=O)O)cc1)c1c(Cl)cccc1Cl. The van der Waals surface area contributed by atoms with Gasteiger partial charge in [-0.05, 0) is 42.7 Å². The van der Waals surface area contributed by atoms with Crippen molar-refractivity contribution in [1.82, 2.24) is 10.2 Å². The van der Waals surface area contributed by atoms with Gasteiger partial charge in [0.05, 0.1) is 15.6 Å². The number of hydrogen-bond acceptors (Lipinski definition) is 4. The Kier molecular flexibility index (Phi) is 7.78. The summed E-state index contributed by atoms with van der Waals surface area (Å²) < 4.78 is 0. The number of carboxylic acid groups (broad SMARTS) is 2. The highest BCUT2D eigenvalue weighted by Crippen LogP contribution is 2.25. The van der Waals surface area contributed by atoms with Crippen molar-refractivity contribution >= 4 is 52.8 Å². The normalized spacial score (nSPS) is 16.2. The molecule has 1 aliphatic heterocycles. The maximum absolute atomic E-state index is 12.5. The molecule has 9 nitrogen and oxygen atoms in total. The Balaban J connectivity index is 1.64. The van der Waals surface area contributed by atoms with Crippen molar-refractivity contribution in [3.8, 4) is 0 Å². The molecule has 1 fully saturated rings. The van der Waals surface area contributed by atoms with Crippen LogP contribution >= 0.6 is 23.2 Å². The summed E-state index contributed by atoms with van der Waals surface area (Å²) in [6, 6.07) is 8.17. The first-order valence-corrected chi connectivity index (χ1v) is 10.8. The standard InChI is InChI=1S/C22H21Cl2N3O6/c23-14-3-1-4-15(24)18(14)19(28)25-13-8-6-12(7-9-13)11-16(20(29)30)26-22(33)27-10-2-5-17(27)21(31)32/h1,3-4,6-9,16-17H,2,5,10-11H2,(H,25,28)(H,26,33)(H,29,30)(H,31,32)/t16-,17-/m0/s1. The van der Waals surface area contributed by atoms with E-state index in [0.717, 1.165) is 4.90 Å². The van der Waals surface area contributed by atoms with Gasteiger partial charge in [0.25, 0.3) is 5.91 Å². The molecule has 0 radical (unpaired) electrons. The Labute approximate surface area is 199 Å². The fraction of sp³-hybridized carbons (Fsp3) is 0.273. The van der Waals surface area contributed by atoms with Crippen molar-refractivity contribution in [3.63, 3.8) is 0 Å². The molecule has 0 saturated carbocycles. The zero-order valence-corrected chi connectivity index (χ0v) is 18.8. The van der Waals surface area contributed by atoms with Gasteiger partial charge in [0.2, 0.25) is 0 Å². The summed E-state index contributed by atoms with van der Waals surface area (Å²) in [5.74, 6) is -2.86. The summed E-state index contributed by atoms with van der Waals surface area (Å²) in [7, 11) is 0. The number of carbonyl (C=O) groups excluding carboxylic acids is 2. The van der Waals surface area contributed by atoms with Gasteiger partial charge in [0, 0.05) is 18.7 Å². The molecule has 1 heterocycles. The third kappa shape index (κ3) is 5.94. The molecule has 1 saturated heterocycles. The molecular weight excluding hydrogens is 473 g/mol. The lowest BCUT2D eigenvalue weighted by Gasteiger charge is -2.24.